The van der Waals surface area contributed by atoms with Gasteiger partial charge in [-0.2, -0.15) is 5.10 Å². The zero-order chi connectivity index (χ0) is 13.3. The van der Waals surface area contributed by atoms with Gasteiger partial charge in [0, 0.05) is 19.7 Å². The third-order valence-electron chi connectivity index (χ3n) is 3.66. The number of hydrazine groups is 1. The Balaban J connectivity index is 2.14. The normalized spacial score (nSPS) is 18.9. The summed E-state index contributed by atoms with van der Waals surface area (Å²) in [7, 11) is 3.59. The fourth-order valence-electron chi connectivity index (χ4n) is 2.51. The largest absolute Gasteiger partial charge is 0.379 e. The maximum absolute atomic E-state index is 6.25. The number of hydrogen-bond donors (Lipinski definition) is 2. The number of aryl methyl sites for hydroxylation is 2. The number of nitrogens with one attached hydrogen (secondary N) is 1. The zero-order valence-corrected chi connectivity index (χ0v) is 11.9. The molecule has 0 spiro atoms. The Morgan fingerprint density at radius 2 is 2.28 bits per heavy atom. The third-order valence-corrected chi connectivity index (χ3v) is 4.14. The molecule has 0 radical (unpaired) electrons. The monoisotopic (exact) mass is 272 g/mol. The maximum Gasteiger partial charge on any atom is 0.130 e. The van der Waals surface area contributed by atoms with Crippen LogP contribution in [0.1, 0.15) is 24.1 Å². The summed E-state index contributed by atoms with van der Waals surface area (Å²) in [6.45, 7) is 1.97. The Bertz CT molecular complexity index is 416. The van der Waals surface area contributed by atoms with Crippen molar-refractivity contribution in [3.63, 3.8) is 0 Å². The Morgan fingerprint density at radius 3 is 2.67 bits per heavy atom. The first-order valence-electron chi connectivity index (χ1n) is 6.25. The highest BCUT2D eigenvalue weighted by molar-refractivity contribution is 6.30. The lowest BCUT2D eigenvalue weighted by atomic mass is 9.99. The molecule has 0 saturated heterocycles. The van der Waals surface area contributed by atoms with Gasteiger partial charge >= 0.3 is 0 Å². The second-order valence-electron chi connectivity index (χ2n) is 4.99. The fraction of sp³-hybridized carbons (Fsp3) is 0.750. The molecule has 3 N–H and O–H groups in total. The van der Waals surface area contributed by atoms with Crippen molar-refractivity contribution in [1.29, 1.82) is 0 Å². The van der Waals surface area contributed by atoms with Crippen LogP contribution in [0.15, 0.2) is 0 Å². The SMILES string of the molecule is COC(C1CC1)C(Cc1c(C)nn(C)c1Cl)NN. The Morgan fingerprint density at radius 1 is 1.61 bits per heavy atom. The predicted molar refractivity (Wildman–Crippen MR) is 71.3 cm³/mol. The molecular formula is C12H21ClN4O. The molecule has 0 amide bonds. The smallest absolute Gasteiger partial charge is 0.130 e. The molecule has 18 heavy (non-hydrogen) atoms. The van der Waals surface area contributed by atoms with Crippen molar-refractivity contribution in [3.05, 3.63) is 16.4 Å². The van der Waals surface area contributed by atoms with Crippen LogP contribution in [-0.4, -0.2) is 29.0 Å². The quantitative estimate of drug-likeness (QED) is 0.603. The number of nitrogens with two attached hydrogens (primary N) is 1. The van der Waals surface area contributed by atoms with Crippen LogP contribution in [0.25, 0.3) is 0 Å². The zero-order valence-electron chi connectivity index (χ0n) is 11.1. The van der Waals surface area contributed by atoms with Crippen molar-refractivity contribution >= 4 is 11.6 Å². The molecule has 1 aliphatic rings. The molecule has 6 heteroatoms. The predicted octanol–water partition coefficient (Wildman–Crippen LogP) is 1.18. The molecule has 1 saturated carbocycles. The summed E-state index contributed by atoms with van der Waals surface area (Å²) in [5, 5.41) is 5.00. The molecule has 1 heterocycles. The Labute approximate surface area is 113 Å². The second kappa shape index (κ2) is 5.57. The molecule has 5 nitrogen and oxygen atoms in total. The van der Waals surface area contributed by atoms with Crippen LogP contribution in [0.4, 0.5) is 0 Å². The van der Waals surface area contributed by atoms with Gasteiger partial charge in [-0.25, -0.2) is 0 Å². The van der Waals surface area contributed by atoms with Crippen LogP contribution in [0.5, 0.6) is 0 Å². The van der Waals surface area contributed by atoms with Crippen LogP contribution in [-0.2, 0) is 18.2 Å². The van der Waals surface area contributed by atoms with Gasteiger partial charge in [0.25, 0.3) is 0 Å². The van der Waals surface area contributed by atoms with Gasteiger partial charge < -0.3 is 4.74 Å². The van der Waals surface area contributed by atoms with E-state index in [2.05, 4.69) is 10.5 Å². The number of hydrogen-bond acceptors (Lipinski definition) is 4. The lowest BCUT2D eigenvalue weighted by Gasteiger charge is -2.25. The molecule has 2 rings (SSSR count). The van der Waals surface area contributed by atoms with Crippen LogP contribution < -0.4 is 11.3 Å². The van der Waals surface area contributed by atoms with E-state index in [1.807, 2.05) is 14.0 Å². The summed E-state index contributed by atoms with van der Waals surface area (Å²) in [5.74, 6) is 6.29. The minimum atomic E-state index is 0.0721. The molecule has 0 aliphatic heterocycles. The van der Waals surface area contributed by atoms with Crippen molar-refractivity contribution in [2.45, 2.75) is 38.3 Å². The summed E-state index contributed by atoms with van der Waals surface area (Å²) < 4.78 is 7.27. The Hall–Kier alpha value is -0.620. The summed E-state index contributed by atoms with van der Waals surface area (Å²) in [6, 6.07) is 0.0721. The van der Waals surface area contributed by atoms with E-state index in [0.29, 0.717) is 11.1 Å². The van der Waals surface area contributed by atoms with E-state index in [0.717, 1.165) is 17.7 Å². The maximum atomic E-state index is 6.25. The van der Waals surface area contributed by atoms with Gasteiger partial charge in [-0.15, -0.1) is 0 Å². The van der Waals surface area contributed by atoms with Crippen LogP contribution in [0, 0.1) is 12.8 Å². The highest BCUT2D eigenvalue weighted by Crippen LogP contribution is 2.36. The van der Waals surface area contributed by atoms with Crippen molar-refractivity contribution in [1.82, 2.24) is 15.2 Å². The van der Waals surface area contributed by atoms with E-state index in [1.165, 1.54) is 12.8 Å². The molecule has 1 fully saturated rings. The summed E-state index contributed by atoms with van der Waals surface area (Å²) in [5.41, 5.74) is 4.86. The first kappa shape index (κ1) is 13.8. The summed E-state index contributed by atoms with van der Waals surface area (Å²) >= 11 is 6.25. The highest BCUT2D eigenvalue weighted by Gasteiger charge is 2.37. The number of halogens is 1. The molecule has 1 aliphatic carbocycles. The first-order valence-corrected chi connectivity index (χ1v) is 6.63. The van der Waals surface area contributed by atoms with E-state index in [-0.39, 0.29) is 12.1 Å². The molecule has 1 aromatic rings. The van der Waals surface area contributed by atoms with E-state index in [4.69, 9.17) is 22.2 Å². The van der Waals surface area contributed by atoms with Crippen molar-refractivity contribution in [2.75, 3.05) is 7.11 Å². The minimum Gasteiger partial charge on any atom is -0.379 e. The van der Waals surface area contributed by atoms with Gasteiger partial charge in [-0.1, -0.05) is 11.6 Å². The van der Waals surface area contributed by atoms with Crippen LogP contribution in [0.2, 0.25) is 5.15 Å². The number of aromatic nitrogens is 2. The molecule has 102 valence electrons. The standard InChI is InChI=1S/C12H21ClN4O/c1-7-9(12(13)17(2)16-7)6-10(15-14)11(18-3)8-4-5-8/h8,10-11,15H,4-6,14H2,1-3H3. The summed E-state index contributed by atoms with van der Waals surface area (Å²) in [4.78, 5) is 0. The van der Waals surface area contributed by atoms with Crippen molar-refractivity contribution in [2.24, 2.45) is 18.8 Å². The lowest BCUT2D eigenvalue weighted by Crippen LogP contribution is -2.47. The minimum absolute atomic E-state index is 0.0721. The molecule has 2 atom stereocenters. The van der Waals surface area contributed by atoms with Gasteiger partial charge in [0.1, 0.15) is 5.15 Å². The third kappa shape index (κ3) is 2.69. The topological polar surface area (TPSA) is 65.1 Å². The van der Waals surface area contributed by atoms with Crippen LogP contribution >= 0.6 is 11.6 Å². The van der Waals surface area contributed by atoms with E-state index in [1.54, 1.807) is 11.8 Å². The number of ether oxygens (including phenoxy) is 1. The van der Waals surface area contributed by atoms with Gasteiger partial charge in [0.15, 0.2) is 0 Å². The second-order valence-corrected chi connectivity index (χ2v) is 5.35. The molecule has 0 bridgehead atoms. The van der Waals surface area contributed by atoms with Gasteiger partial charge in [-0.3, -0.25) is 16.0 Å². The van der Waals surface area contributed by atoms with Crippen molar-refractivity contribution in [3.8, 4) is 0 Å². The first-order chi connectivity index (χ1) is 8.58. The molecule has 2 unspecified atom stereocenters. The number of methoxy groups -OCH3 is 1. The summed E-state index contributed by atoms with van der Waals surface area (Å²) in [6.07, 6.45) is 3.32. The lowest BCUT2D eigenvalue weighted by molar-refractivity contribution is 0.0510. The van der Waals surface area contributed by atoms with Gasteiger partial charge in [0.05, 0.1) is 17.8 Å². The Kier molecular flexibility index (Phi) is 4.27. The molecular weight excluding hydrogens is 252 g/mol. The van der Waals surface area contributed by atoms with E-state index < -0.39 is 0 Å². The highest BCUT2D eigenvalue weighted by atomic mass is 35.5. The number of nitrogens with zero attached hydrogens (tertiary/aromatic N) is 2. The van der Waals surface area contributed by atoms with Gasteiger partial charge in [-0.05, 0) is 32.1 Å². The van der Waals surface area contributed by atoms with Crippen LogP contribution in [0.3, 0.4) is 0 Å². The fourth-order valence-corrected chi connectivity index (χ4v) is 2.76. The average Bonchev–Trinajstić information content (AvgIpc) is 3.13. The van der Waals surface area contributed by atoms with Gasteiger partial charge in [0.2, 0.25) is 0 Å². The van der Waals surface area contributed by atoms with Crippen molar-refractivity contribution < 1.29 is 4.74 Å². The number of rotatable bonds is 6. The van der Waals surface area contributed by atoms with E-state index in [9.17, 15) is 0 Å². The average molecular weight is 273 g/mol. The van der Waals surface area contributed by atoms with E-state index >= 15 is 0 Å². The molecule has 0 aromatic carbocycles. The molecule has 1 aromatic heterocycles.